The maximum absolute atomic E-state index is 15.2. The third kappa shape index (κ3) is 6.84. The highest BCUT2D eigenvalue weighted by Crippen LogP contribution is 2.57. The van der Waals surface area contributed by atoms with E-state index >= 15 is 4.79 Å². The van der Waals surface area contributed by atoms with Gasteiger partial charge in [-0.3, -0.25) is 19.2 Å². The third-order valence-corrected chi connectivity index (χ3v) is 10.6. The molecular weight excluding hydrogens is 674 g/mol. The van der Waals surface area contributed by atoms with E-state index in [1.54, 1.807) is 42.5 Å². The van der Waals surface area contributed by atoms with Crippen molar-refractivity contribution in [2.75, 3.05) is 31.8 Å². The molecular formula is C39H46ClN3O8. The number of nitrogens with zero attached hydrogens (tertiary/aromatic N) is 2. The average Bonchev–Trinajstić information content (AvgIpc) is 3.75. The smallest absolute Gasteiger partial charge is 0.313 e. The molecule has 4 heterocycles. The molecule has 2 saturated heterocycles. The number of anilines is 1. The highest BCUT2D eigenvalue weighted by Gasteiger charge is 2.74. The fourth-order valence-corrected chi connectivity index (χ4v) is 8.50. The van der Waals surface area contributed by atoms with E-state index in [0.717, 1.165) is 5.56 Å². The molecule has 0 unspecified atom stereocenters. The van der Waals surface area contributed by atoms with E-state index in [2.05, 4.69) is 5.32 Å². The Hall–Kier alpha value is -4.03. The maximum Gasteiger partial charge on any atom is 0.313 e. The van der Waals surface area contributed by atoms with E-state index in [0.29, 0.717) is 29.1 Å². The number of benzene rings is 2. The Morgan fingerprint density at radius 2 is 1.82 bits per heavy atom. The van der Waals surface area contributed by atoms with E-state index in [9.17, 15) is 19.5 Å². The van der Waals surface area contributed by atoms with Gasteiger partial charge in [0, 0.05) is 20.1 Å². The first-order valence-corrected chi connectivity index (χ1v) is 18.0. The van der Waals surface area contributed by atoms with Gasteiger partial charge in [-0.2, -0.15) is 0 Å². The molecule has 4 aliphatic rings. The Balaban J connectivity index is 1.51. The van der Waals surface area contributed by atoms with Crippen LogP contribution in [0.3, 0.4) is 0 Å². The van der Waals surface area contributed by atoms with Crippen LogP contribution in [0.25, 0.3) is 0 Å². The summed E-state index contributed by atoms with van der Waals surface area (Å²) in [6.45, 7) is 5.55. The first-order valence-electron chi connectivity index (χ1n) is 17.6. The Bertz CT molecular complexity index is 1680. The number of hydrogen-bond acceptors (Lipinski definition) is 8. The van der Waals surface area contributed by atoms with Crippen LogP contribution in [-0.4, -0.2) is 90.4 Å². The molecule has 0 aromatic heterocycles. The molecule has 51 heavy (non-hydrogen) atoms. The second-order valence-electron chi connectivity index (χ2n) is 14.2. The first-order chi connectivity index (χ1) is 24.5. The van der Waals surface area contributed by atoms with Gasteiger partial charge in [-0.1, -0.05) is 92.2 Å². The summed E-state index contributed by atoms with van der Waals surface area (Å²) in [5.41, 5.74) is 0.336. The number of halogens is 1. The Morgan fingerprint density at radius 3 is 2.51 bits per heavy atom. The van der Waals surface area contributed by atoms with E-state index in [1.165, 1.54) is 16.9 Å². The molecule has 0 aliphatic carbocycles. The summed E-state index contributed by atoms with van der Waals surface area (Å²) >= 11 is 6.77. The van der Waals surface area contributed by atoms with E-state index in [4.69, 9.17) is 25.8 Å². The lowest BCUT2D eigenvalue weighted by Gasteiger charge is -2.39. The third-order valence-electron chi connectivity index (χ3n) is 10.3. The second-order valence-corrected chi connectivity index (χ2v) is 14.6. The predicted molar refractivity (Wildman–Crippen MR) is 191 cm³/mol. The zero-order chi connectivity index (χ0) is 36.4. The van der Waals surface area contributed by atoms with Gasteiger partial charge >= 0.3 is 5.97 Å². The lowest BCUT2D eigenvalue weighted by atomic mass is 9.74. The summed E-state index contributed by atoms with van der Waals surface area (Å²) in [7, 11) is 1.50. The van der Waals surface area contributed by atoms with Crippen LogP contribution < -0.4 is 10.2 Å². The van der Waals surface area contributed by atoms with Gasteiger partial charge in [-0.25, -0.2) is 0 Å². The number of methoxy groups -OCH3 is 1. The fraction of sp³-hybridized carbons (Fsp3) is 0.487. The number of likely N-dealkylation sites (tertiary alicyclic amines) is 1. The molecule has 2 fully saturated rings. The summed E-state index contributed by atoms with van der Waals surface area (Å²) in [6.07, 6.45) is 6.20. The number of esters is 1. The van der Waals surface area contributed by atoms with Gasteiger partial charge in [0.15, 0.2) is 0 Å². The number of cyclic esters (lactones) is 1. The molecule has 2 aromatic rings. The number of amides is 3. The molecule has 11 nitrogen and oxygen atoms in total. The number of carbonyl (C=O) groups excluding carboxylic acids is 4. The molecule has 2 N–H and O–H groups in total. The first kappa shape index (κ1) is 36.8. The van der Waals surface area contributed by atoms with Crippen LogP contribution in [0.4, 0.5) is 5.69 Å². The van der Waals surface area contributed by atoms with Crippen LogP contribution in [0.15, 0.2) is 72.8 Å². The Morgan fingerprint density at radius 1 is 1.06 bits per heavy atom. The number of rotatable bonds is 8. The maximum atomic E-state index is 15.2. The largest absolute Gasteiger partial charge is 0.455 e. The van der Waals surface area contributed by atoms with Gasteiger partial charge in [0.1, 0.15) is 23.7 Å². The number of ether oxygens (including phenoxy) is 3. The van der Waals surface area contributed by atoms with Gasteiger partial charge in [0.2, 0.25) is 11.8 Å². The Kier molecular flexibility index (Phi) is 11.0. The van der Waals surface area contributed by atoms with Crippen molar-refractivity contribution in [2.45, 2.75) is 76.0 Å². The molecule has 5 bridgehead atoms. The highest BCUT2D eigenvalue weighted by molar-refractivity contribution is 6.34. The van der Waals surface area contributed by atoms with Crippen LogP contribution in [-0.2, 0) is 33.4 Å². The zero-order valence-electron chi connectivity index (χ0n) is 29.4. The number of hydrogen-bond donors (Lipinski definition) is 2. The van der Waals surface area contributed by atoms with Crippen molar-refractivity contribution < 1.29 is 38.5 Å². The summed E-state index contributed by atoms with van der Waals surface area (Å²) in [5.74, 6) is -4.03. The lowest BCUT2D eigenvalue weighted by molar-refractivity contribution is -0.162. The molecule has 8 atom stereocenters. The topological polar surface area (TPSA) is 135 Å². The van der Waals surface area contributed by atoms with Gasteiger partial charge < -0.3 is 34.4 Å². The zero-order valence-corrected chi connectivity index (χ0v) is 30.1. The minimum atomic E-state index is -1.51. The molecule has 2 aromatic carbocycles. The van der Waals surface area contributed by atoms with E-state index < -0.39 is 72.2 Å². The van der Waals surface area contributed by atoms with Gasteiger partial charge in [-0.15, -0.1) is 0 Å². The summed E-state index contributed by atoms with van der Waals surface area (Å²) in [5, 5.41) is 14.1. The minimum absolute atomic E-state index is 0.0507. The fourth-order valence-electron chi connectivity index (χ4n) is 8.18. The number of aliphatic hydroxyl groups excluding tert-OH is 1. The van der Waals surface area contributed by atoms with Crippen molar-refractivity contribution in [1.29, 1.82) is 0 Å². The van der Waals surface area contributed by atoms with Crippen LogP contribution in [0.1, 0.15) is 50.3 Å². The van der Waals surface area contributed by atoms with Crippen molar-refractivity contribution in [3.8, 4) is 0 Å². The van der Waals surface area contributed by atoms with Gasteiger partial charge in [-0.05, 0) is 42.9 Å². The number of fused-ring (bicyclic) bond motifs is 2. The van der Waals surface area contributed by atoms with Crippen molar-refractivity contribution in [3.63, 3.8) is 0 Å². The van der Waals surface area contributed by atoms with Crippen molar-refractivity contribution in [2.24, 2.45) is 17.8 Å². The number of nitrogens with one attached hydrogen (secondary N) is 1. The van der Waals surface area contributed by atoms with Crippen LogP contribution in [0, 0.1) is 24.7 Å². The summed E-state index contributed by atoms with van der Waals surface area (Å²) in [6, 6.07) is 11.7. The molecule has 0 radical (unpaired) electrons. The number of carbonyl (C=O) groups is 4. The Labute approximate surface area is 303 Å². The quantitative estimate of drug-likeness (QED) is 0.305. The van der Waals surface area contributed by atoms with Crippen LogP contribution >= 0.6 is 11.6 Å². The van der Waals surface area contributed by atoms with Gasteiger partial charge in [0.25, 0.3) is 5.91 Å². The monoisotopic (exact) mass is 719 g/mol. The molecule has 4 aliphatic heterocycles. The number of allylic oxidation sites excluding steroid dienone is 1. The average molecular weight is 720 g/mol. The van der Waals surface area contributed by atoms with Crippen LogP contribution in [0.2, 0.25) is 5.02 Å². The molecule has 6 rings (SSSR count). The SMILES string of the molecule is COC[C@@H]1NC(=O)CC/C=C\CN(c2c(C)cccc2Cl)C(=O)[C@H]2N([C@@H](CO)CC(C)C)C(=O)[C@@H]3[C@@H](C(=O)O[C@H]1c1ccccc1)[C@H]1C=C[C@]32O1. The van der Waals surface area contributed by atoms with E-state index in [-0.39, 0.29) is 31.4 Å². The number of aryl methyl sites for hydroxylation is 1. The summed E-state index contributed by atoms with van der Waals surface area (Å²) < 4.78 is 18.4. The highest BCUT2D eigenvalue weighted by atomic mass is 35.5. The molecule has 3 amide bonds. The van der Waals surface area contributed by atoms with Crippen molar-refractivity contribution in [3.05, 3.63) is 89.0 Å². The normalized spacial score (nSPS) is 30.8. The van der Waals surface area contributed by atoms with Crippen molar-refractivity contribution in [1.82, 2.24) is 10.2 Å². The molecule has 272 valence electrons. The minimum Gasteiger partial charge on any atom is -0.455 e. The lowest BCUT2D eigenvalue weighted by Crippen LogP contribution is -2.59. The number of para-hydroxylation sites is 1. The molecule has 12 heteroatoms. The molecule has 0 saturated carbocycles. The second kappa shape index (κ2) is 15.3. The predicted octanol–water partition coefficient (Wildman–Crippen LogP) is 4.30. The summed E-state index contributed by atoms with van der Waals surface area (Å²) in [4.78, 5) is 60.8. The molecule has 1 spiro atoms. The van der Waals surface area contributed by atoms with Crippen LogP contribution in [0.5, 0.6) is 0 Å². The number of aliphatic hydroxyl groups is 1. The van der Waals surface area contributed by atoms with Gasteiger partial charge in [0.05, 0.1) is 48.0 Å². The van der Waals surface area contributed by atoms with Crippen molar-refractivity contribution >= 4 is 41.0 Å². The standard InChI is InChI=1S/C39H46ClN3O8/c1-23(2)20-26(21-44)43-35-37(47)42(33-24(3)12-11-15-27(33)40)19-10-6-9-16-30(45)41-28(22-49-4)34(25-13-7-5-8-14-25)50-38(48)31-29-17-18-39(35,51-29)32(31)36(43)46/h5-8,10-15,17-18,23,26,28-29,31-32,34-35,44H,9,16,19-22H2,1-4H3,(H,41,45)/b10-6-/t26-,28+,29-,31+,32+,34+,35-,39+/m1/s1. The van der Waals surface area contributed by atoms with E-state index in [1.807, 2.05) is 51.1 Å².